The molecule has 1 aliphatic heterocycles. The molecule has 21 heavy (non-hydrogen) atoms. The lowest BCUT2D eigenvalue weighted by Crippen LogP contribution is -2.26. The first-order chi connectivity index (χ1) is 10.3. The normalized spacial score (nSPS) is 13.9. The van der Waals surface area contributed by atoms with Crippen molar-refractivity contribution in [2.45, 2.75) is 13.0 Å². The molecule has 0 saturated carbocycles. The highest BCUT2D eigenvalue weighted by Gasteiger charge is 2.27. The topological polar surface area (TPSA) is 50.5 Å². The van der Waals surface area contributed by atoms with Crippen molar-refractivity contribution in [2.24, 2.45) is 0 Å². The average molecular weight is 278 g/mol. The van der Waals surface area contributed by atoms with Crippen molar-refractivity contribution in [3.8, 4) is 0 Å². The van der Waals surface area contributed by atoms with Crippen LogP contribution in [0.2, 0.25) is 0 Å². The molecule has 3 aromatic rings. The van der Waals surface area contributed by atoms with Crippen LogP contribution in [0.25, 0.3) is 5.65 Å². The number of nitrogens with zero attached hydrogens (tertiary/aromatic N) is 4. The fourth-order valence-corrected chi connectivity index (χ4v) is 2.72. The number of hydrogen-bond donors (Lipinski definition) is 0. The molecule has 0 aliphatic carbocycles. The van der Waals surface area contributed by atoms with E-state index in [0.29, 0.717) is 13.1 Å². The lowest BCUT2D eigenvalue weighted by molar-refractivity contribution is 0.0779. The Balaban J connectivity index is 1.49. The van der Waals surface area contributed by atoms with Crippen molar-refractivity contribution in [3.63, 3.8) is 0 Å². The average Bonchev–Trinajstić information content (AvgIpc) is 3.07. The van der Waals surface area contributed by atoms with Gasteiger partial charge in [-0.05, 0) is 24.3 Å². The van der Waals surface area contributed by atoms with Crippen molar-refractivity contribution in [1.82, 2.24) is 19.3 Å². The minimum absolute atomic E-state index is 0.0712. The van der Waals surface area contributed by atoms with Crippen LogP contribution in [-0.2, 0) is 13.0 Å². The van der Waals surface area contributed by atoms with Gasteiger partial charge in [-0.2, -0.15) is 0 Å². The predicted molar refractivity (Wildman–Crippen MR) is 77.9 cm³/mol. The Morgan fingerprint density at radius 2 is 2.14 bits per heavy atom. The Morgan fingerprint density at radius 1 is 1.19 bits per heavy atom. The first-order valence-corrected chi connectivity index (χ1v) is 6.97. The van der Waals surface area contributed by atoms with E-state index in [9.17, 15) is 4.79 Å². The summed E-state index contributed by atoms with van der Waals surface area (Å²) in [6.07, 6.45) is 6.48. The van der Waals surface area contributed by atoms with E-state index in [1.165, 1.54) is 0 Å². The summed E-state index contributed by atoms with van der Waals surface area (Å²) in [7, 11) is 0. The molecule has 1 aliphatic rings. The van der Waals surface area contributed by atoms with Crippen LogP contribution in [0, 0.1) is 0 Å². The largest absolute Gasteiger partial charge is 0.332 e. The van der Waals surface area contributed by atoms with Crippen molar-refractivity contribution in [3.05, 3.63) is 65.9 Å². The van der Waals surface area contributed by atoms with E-state index in [1.54, 1.807) is 6.20 Å². The van der Waals surface area contributed by atoms with Gasteiger partial charge in [-0.1, -0.05) is 6.07 Å². The van der Waals surface area contributed by atoms with Crippen LogP contribution in [-0.4, -0.2) is 31.7 Å². The summed E-state index contributed by atoms with van der Waals surface area (Å²) in [5.74, 6) is 0.0712. The molecule has 0 radical (unpaired) electrons. The van der Waals surface area contributed by atoms with Gasteiger partial charge in [0.25, 0.3) is 5.91 Å². The molecular formula is C16H14N4O. The van der Waals surface area contributed by atoms with E-state index in [1.807, 2.05) is 52.0 Å². The zero-order chi connectivity index (χ0) is 14.2. The fourth-order valence-electron chi connectivity index (χ4n) is 2.72. The summed E-state index contributed by atoms with van der Waals surface area (Å²) in [5.41, 5.74) is 3.54. The molecule has 0 bridgehead atoms. The third-order valence-electron chi connectivity index (χ3n) is 3.80. The van der Waals surface area contributed by atoms with E-state index in [-0.39, 0.29) is 5.91 Å². The smallest absolute Gasteiger partial charge is 0.256 e. The van der Waals surface area contributed by atoms with Crippen molar-refractivity contribution in [2.75, 3.05) is 6.54 Å². The molecule has 3 aromatic heterocycles. The highest BCUT2D eigenvalue weighted by atomic mass is 16.2. The number of fused-ring (bicyclic) bond motifs is 2. The quantitative estimate of drug-likeness (QED) is 0.735. The molecule has 1 amide bonds. The maximum Gasteiger partial charge on any atom is 0.256 e. The van der Waals surface area contributed by atoms with Crippen LogP contribution in [0.1, 0.15) is 21.7 Å². The molecule has 4 heterocycles. The minimum Gasteiger partial charge on any atom is -0.332 e. The number of imidazole rings is 1. The van der Waals surface area contributed by atoms with Crippen molar-refractivity contribution >= 4 is 11.6 Å². The maximum atomic E-state index is 12.3. The number of carbonyl (C=O) groups is 1. The standard InChI is InChI=1S/C16H14N4O/c21-16-13-4-3-7-17-14(13)11-20(16)9-6-12-10-19-8-2-1-5-15(19)18-12/h1-5,7-8,10H,6,9,11H2. The van der Waals surface area contributed by atoms with Gasteiger partial charge in [0, 0.05) is 31.6 Å². The van der Waals surface area contributed by atoms with Gasteiger partial charge in [0.15, 0.2) is 0 Å². The lowest BCUT2D eigenvalue weighted by Gasteiger charge is -2.13. The molecule has 4 rings (SSSR count). The summed E-state index contributed by atoms with van der Waals surface area (Å²) in [6, 6.07) is 9.57. The van der Waals surface area contributed by atoms with Gasteiger partial charge in [0.2, 0.25) is 0 Å². The highest BCUT2D eigenvalue weighted by molar-refractivity contribution is 5.97. The maximum absolute atomic E-state index is 12.3. The van der Waals surface area contributed by atoms with Crippen LogP contribution < -0.4 is 0 Å². The van der Waals surface area contributed by atoms with Gasteiger partial charge in [-0.3, -0.25) is 9.78 Å². The molecule has 0 unspecified atom stereocenters. The highest BCUT2D eigenvalue weighted by Crippen LogP contribution is 2.20. The van der Waals surface area contributed by atoms with E-state index in [4.69, 9.17) is 0 Å². The second kappa shape index (κ2) is 4.70. The van der Waals surface area contributed by atoms with E-state index >= 15 is 0 Å². The molecule has 104 valence electrons. The van der Waals surface area contributed by atoms with Crippen LogP contribution in [0.5, 0.6) is 0 Å². The van der Waals surface area contributed by atoms with Crippen LogP contribution in [0.15, 0.2) is 48.9 Å². The van der Waals surface area contributed by atoms with Crippen LogP contribution in [0.3, 0.4) is 0 Å². The van der Waals surface area contributed by atoms with Crippen LogP contribution >= 0.6 is 0 Å². The molecule has 0 spiro atoms. The molecule has 0 fully saturated rings. The number of carbonyl (C=O) groups excluding carboxylic acids is 1. The first-order valence-electron chi connectivity index (χ1n) is 6.97. The minimum atomic E-state index is 0.0712. The number of pyridine rings is 2. The number of rotatable bonds is 3. The summed E-state index contributed by atoms with van der Waals surface area (Å²) >= 11 is 0. The van der Waals surface area contributed by atoms with Crippen molar-refractivity contribution < 1.29 is 4.79 Å². The number of amides is 1. The molecule has 0 aromatic carbocycles. The molecule has 0 N–H and O–H groups in total. The third kappa shape index (κ3) is 2.07. The Morgan fingerprint density at radius 3 is 3.00 bits per heavy atom. The van der Waals surface area contributed by atoms with Gasteiger partial charge in [-0.15, -0.1) is 0 Å². The van der Waals surface area contributed by atoms with Gasteiger partial charge in [0.05, 0.1) is 23.5 Å². The molecule has 0 saturated heterocycles. The van der Waals surface area contributed by atoms with Crippen molar-refractivity contribution in [1.29, 1.82) is 0 Å². The first kappa shape index (κ1) is 12.1. The van der Waals surface area contributed by atoms with Crippen LogP contribution in [0.4, 0.5) is 0 Å². The van der Waals surface area contributed by atoms with Gasteiger partial charge in [0.1, 0.15) is 5.65 Å². The molecule has 0 atom stereocenters. The SMILES string of the molecule is O=C1c2cccnc2CN1CCc1cn2ccccc2n1. The van der Waals surface area contributed by atoms with E-state index in [2.05, 4.69) is 9.97 Å². The Labute approximate surface area is 121 Å². The summed E-state index contributed by atoms with van der Waals surface area (Å²) < 4.78 is 2.00. The number of hydrogen-bond acceptors (Lipinski definition) is 3. The third-order valence-corrected chi connectivity index (χ3v) is 3.80. The van der Waals surface area contributed by atoms with Gasteiger partial charge >= 0.3 is 0 Å². The fraction of sp³-hybridized carbons (Fsp3) is 0.188. The van der Waals surface area contributed by atoms with Gasteiger partial charge in [-0.25, -0.2) is 4.98 Å². The predicted octanol–water partition coefficient (Wildman–Crippen LogP) is 1.93. The summed E-state index contributed by atoms with van der Waals surface area (Å²) in [5, 5.41) is 0. The number of aromatic nitrogens is 3. The molecular weight excluding hydrogens is 264 g/mol. The molecule has 5 nitrogen and oxygen atoms in total. The Hall–Kier alpha value is -2.69. The monoisotopic (exact) mass is 278 g/mol. The second-order valence-corrected chi connectivity index (χ2v) is 5.17. The van der Waals surface area contributed by atoms with E-state index < -0.39 is 0 Å². The zero-order valence-corrected chi connectivity index (χ0v) is 11.4. The summed E-state index contributed by atoms with van der Waals surface area (Å²) in [6.45, 7) is 1.27. The summed E-state index contributed by atoms with van der Waals surface area (Å²) in [4.78, 5) is 22.9. The van der Waals surface area contributed by atoms with E-state index in [0.717, 1.165) is 29.0 Å². The lowest BCUT2D eigenvalue weighted by atomic mass is 10.2. The second-order valence-electron chi connectivity index (χ2n) is 5.17. The Bertz CT molecular complexity index is 791. The molecule has 5 heteroatoms. The van der Waals surface area contributed by atoms with Gasteiger partial charge < -0.3 is 9.30 Å². The Kier molecular flexibility index (Phi) is 2.70. The zero-order valence-electron chi connectivity index (χ0n) is 11.4.